The van der Waals surface area contributed by atoms with Gasteiger partial charge in [-0.05, 0) is 61.7 Å². The van der Waals surface area contributed by atoms with Crippen LogP contribution in [0, 0.1) is 6.92 Å². The number of ether oxygens (including phenoxy) is 4. The summed E-state index contributed by atoms with van der Waals surface area (Å²) in [5, 5.41) is 8.52. The summed E-state index contributed by atoms with van der Waals surface area (Å²) in [6, 6.07) is 13.1. The van der Waals surface area contributed by atoms with E-state index in [1.54, 1.807) is 36.4 Å². The molecule has 0 spiro atoms. The Kier molecular flexibility index (Phi) is 15.8. The number of carbonyl (C=O) groups excluding carboxylic acids is 2. The van der Waals surface area contributed by atoms with Crippen LogP contribution in [0.15, 0.2) is 48.5 Å². The van der Waals surface area contributed by atoms with E-state index in [1.165, 1.54) is 6.92 Å². The highest BCUT2D eigenvalue weighted by molar-refractivity contribution is 5.94. The van der Waals surface area contributed by atoms with Crippen molar-refractivity contribution in [3.8, 4) is 6.01 Å². The Morgan fingerprint density at radius 1 is 0.745 bits per heavy atom. The first-order valence-corrected chi connectivity index (χ1v) is 15.0. The largest absolute Gasteiger partial charge is 0.454 e. The van der Waals surface area contributed by atoms with Crippen molar-refractivity contribution in [3.05, 3.63) is 71.0 Å². The van der Waals surface area contributed by atoms with E-state index in [1.807, 2.05) is 12.1 Å². The molecule has 0 aliphatic rings. The minimum absolute atomic E-state index is 0.00600. The number of benzene rings is 2. The van der Waals surface area contributed by atoms with Gasteiger partial charge in [0, 0.05) is 49.7 Å². The molecule has 0 fully saturated rings. The van der Waals surface area contributed by atoms with Crippen molar-refractivity contribution in [2.45, 2.75) is 32.5 Å². The molecule has 1 heterocycles. The summed E-state index contributed by atoms with van der Waals surface area (Å²) in [5.74, 6) is -0.212. The van der Waals surface area contributed by atoms with Gasteiger partial charge in [-0.3, -0.25) is 9.59 Å². The Hall–Kier alpha value is -4.38. The zero-order valence-corrected chi connectivity index (χ0v) is 26.1. The predicted octanol–water partition coefficient (Wildman–Crippen LogP) is 3.31. The van der Waals surface area contributed by atoms with E-state index in [9.17, 15) is 22.8 Å². The maximum Gasteiger partial charge on any atom is 0.422 e. The zero-order chi connectivity index (χ0) is 33.9. The molecule has 0 saturated heterocycles. The normalized spacial score (nSPS) is 11.3. The topological polar surface area (TPSA) is 172 Å². The van der Waals surface area contributed by atoms with Gasteiger partial charge in [0.15, 0.2) is 6.61 Å². The van der Waals surface area contributed by atoms with Gasteiger partial charge < -0.3 is 40.6 Å². The first-order valence-electron chi connectivity index (χ1n) is 15.0. The minimum Gasteiger partial charge on any atom is -0.454 e. The third-order valence-corrected chi connectivity index (χ3v) is 6.19. The van der Waals surface area contributed by atoms with Crippen LogP contribution < -0.4 is 26.4 Å². The van der Waals surface area contributed by atoms with E-state index >= 15 is 0 Å². The zero-order valence-electron chi connectivity index (χ0n) is 26.1. The molecule has 0 radical (unpaired) electrons. The number of alkyl halides is 3. The van der Waals surface area contributed by atoms with Crippen LogP contribution in [-0.2, 0) is 20.8 Å². The molecule has 2 amide bonds. The first kappa shape index (κ1) is 37.1. The Morgan fingerprint density at radius 2 is 1.26 bits per heavy atom. The van der Waals surface area contributed by atoms with Crippen molar-refractivity contribution in [2.75, 3.05) is 64.7 Å². The van der Waals surface area contributed by atoms with Crippen molar-refractivity contribution in [2.24, 2.45) is 5.73 Å². The molecule has 0 aliphatic carbocycles. The molecule has 13 nitrogen and oxygen atoms in total. The van der Waals surface area contributed by atoms with E-state index in [4.69, 9.17) is 19.9 Å². The summed E-state index contributed by atoms with van der Waals surface area (Å²) in [6.07, 6.45) is -3.22. The summed E-state index contributed by atoms with van der Waals surface area (Å²) in [5.41, 5.74) is 8.07. The van der Waals surface area contributed by atoms with Crippen LogP contribution in [0.5, 0.6) is 6.01 Å². The summed E-state index contributed by atoms with van der Waals surface area (Å²) in [4.78, 5) is 36.1. The van der Waals surface area contributed by atoms with Gasteiger partial charge in [0.05, 0.1) is 26.4 Å². The summed E-state index contributed by atoms with van der Waals surface area (Å²) < 4.78 is 58.3. The van der Waals surface area contributed by atoms with Crippen molar-refractivity contribution in [3.63, 3.8) is 0 Å². The van der Waals surface area contributed by atoms with E-state index in [2.05, 4.69) is 35.6 Å². The van der Waals surface area contributed by atoms with Gasteiger partial charge in [-0.2, -0.15) is 28.1 Å². The van der Waals surface area contributed by atoms with E-state index < -0.39 is 18.8 Å². The van der Waals surface area contributed by atoms with Gasteiger partial charge >= 0.3 is 12.2 Å². The van der Waals surface area contributed by atoms with Gasteiger partial charge in [-0.25, -0.2) is 0 Å². The maximum absolute atomic E-state index is 12.4. The second kappa shape index (κ2) is 20.0. The molecule has 1 aromatic heterocycles. The minimum atomic E-state index is -4.52. The van der Waals surface area contributed by atoms with Crippen LogP contribution in [0.1, 0.15) is 44.9 Å². The van der Waals surface area contributed by atoms with E-state index in [0.717, 1.165) is 5.56 Å². The molecule has 2 aromatic carbocycles. The SMILES string of the molecule is Cc1nc(Nc2ccc(C(=O)NCCCOCCOCCOCCCNC(=O)c3ccc(CN)cc3)cc2)nc(OCC(F)(F)F)n1. The number of amides is 2. The fourth-order valence-corrected chi connectivity index (χ4v) is 3.85. The molecule has 3 aromatic rings. The number of nitrogens with one attached hydrogen (secondary N) is 3. The van der Waals surface area contributed by atoms with E-state index in [0.29, 0.717) is 88.9 Å². The number of rotatable bonds is 21. The lowest BCUT2D eigenvalue weighted by Gasteiger charge is -2.10. The van der Waals surface area contributed by atoms with Crippen molar-refractivity contribution < 1.29 is 41.7 Å². The van der Waals surface area contributed by atoms with Crippen LogP contribution >= 0.6 is 0 Å². The van der Waals surface area contributed by atoms with Crippen LogP contribution in [0.25, 0.3) is 0 Å². The fourth-order valence-electron chi connectivity index (χ4n) is 3.85. The highest BCUT2D eigenvalue weighted by Crippen LogP contribution is 2.19. The highest BCUT2D eigenvalue weighted by Gasteiger charge is 2.29. The molecule has 256 valence electrons. The quantitative estimate of drug-likeness (QED) is 0.123. The van der Waals surface area contributed by atoms with Crippen molar-refractivity contribution in [1.82, 2.24) is 25.6 Å². The number of nitrogens with two attached hydrogens (primary N) is 1. The molecule has 0 aliphatic heterocycles. The predicted molar refractivity (Wildman–Crippen MR) is 167 cm³/mol. The number of hydrogen-bond acceptors (Lipinski definition) is 11. The standard InChI is InChI=1S/C31H40F3N7O6/c1-22-38-29(41-30(39-22)47-21-31(32,33)34)40-26-10-8-25(9-11-26)28(43)37-13-3-15-45-17-19-46-18-16-44-14-2-12-36-27(42)24-6-4-23(20-35)5-7-24/h4-11H,2-3,12-21,35H2,1H3,(H,36,42)(H,37,43)(H,38,39,40,41). The lowest BCUT2D eigenvalue weighted by Crippen LogP contribution is -2.25. The molecule has 0 unspecified atom stereocenters. The molecular formula is C31H40F3N7O6. The van der Waals surface area contributed by atoms with Gasteiger partial charge in [0.1, 0.15) is 5.82 Å². The average Bonchev–Trinajstić information content (AvgIpc) is 3.05. The summed E-state index contributed by atoms with van der Waals surface area (Å²) in [7, 11) is 0. The number of aromatic nitrogens is 3. The number of nitrogens with zero attached hydrogens (tertiary/aromatic N) is 3. The van der Waals surface area contributed by atoms with Crippen LogP contribution in [-0.4, -0.2) is 92.3 Å². The Labute approximate surface area is 270 Å². The van der Waals surface area contributed by atoms with Crippen molar-refractivity contribution >= 4 is 23.5 Å². The number of carbonyl (C=O) groups is 2. The third-order valence-electron chi connectivity index (χ3n) is 6.19. The number of anilines is 2. The number of hydrogen-bond donors (Lipinski definition) is 4. The van der Waals surface area contributed by atoms with Gasteiger partial charge in [0.2, 0.25) is 5.95 Å². The lowest BCUT2D eigenvalue weighted by molar-refractivity contribution is -0.154. The molecule has 5 N–H and O–H groups in total. The Balaban J connectivity index is 1.16. The van der Waals surface area contributed by atoms with E-state index in [-0.39, 0.29) is 23.6 Å². The van der Waals surface area contributed by atoms with Crippen molar-refractivity contribution in [1.29, 1.82) is 0 Å². The highest BCUT2D eigenvalue weighted by atomic mass is 19.4. The molecule has 47 heavy (non-hydrogen) atoms. The molecule has 0 bridgehead atoms. The van der Waals surface area contributed by atoms with Crippen LogP contribution in [0.4, 0.5) is 24.8 Å². The molecule has 3 rings (SSSR count). The number of halogens is 3. The second-order valence-electron chi connectivity index (χ2n) is 10.1. The summed E-state index contributed by atoms with van der Waals surface area (Å²) >= 11 is 0. The van der Waals surface area contributed by atoms with Gasteiger partial charge in [0.25, 0.3) is 11.8 Å². The first-order chi connectivity index (χ1) is 22.6. The Morgan fingerprint density at radius 3 is 1.77 bits per heavy atom. The molecular weight excluding hydrogens is 623 g/mol. The third kappa shape index (κ3) is 15.2. The summed E-state index contributed by atoms with van der Waals surface area (Å²) in [6.45, 7) is 4.01. The second-order valence-corrected chi connectivity index (χ2v) is 10.1. The maximum atomic E-state index is 12.4. The molecule has 0 atom stereocenters. The fraction of sp³-hybridized carbons (Fsp3) is 0.452. The van der Waals surface area contributed by atoms with Crippen LogP contribution in [0.2, 0.25) is 0 Å². The monoisotopic (exact) mass is 663 g/mol. The molecule has 16 heteroatoms. The molecule has 0 saturated carbocycles. The smallest absolute Gasteiger partial charge is 0.422 e. The van der Waals surface area contributed by atoms with Gasteiger partial charge in [-0.15, -0.1) is 0 Å². The number of aryl methyl sites for hydroxylation is 1. The lowest BCUT2D eigenvalue weighted by atomic mass is 10.1. The van der Waals surface area contributed by atoms with Crippen LogP contribution in [0.3, 0.4) is 0 Å². The average molecular weight is 664 g/mol. The Bertz CT molecular complexity index is 1380. The van der Waals surface area contributed by atoms with Gasteiger partial charge in [-0.1, -0.05) is 12.1 Å².